The van der Waals surface area contributed by atoms with Crippen LogP contribution in [0.2, 0.25) is 0 Å². The van der Waals surface area contributed by atoms with Gasteiger partial charge in [-0.05, 0) is 18.4 Å². The standard InChI is InChI=1S/C18H26F3N5O3S/c1-22-17(23-10-7-16(27)24-13-14-5-3-2-4-6-14)25-15-8-11-26(12-9-15)30(28,29)18(19,20)21/h2-6,15H,7-13H2,1H3,(H,24,27)(H2,22,23,25). The fraction of sp³-hybridized carbons (Fsp3) is 0.556. The lowest BCUT2D eigenvalue weighted by Crippen LogP contribution is -2.51. The highest BCUT2D eigenvalue weighted by Gasteiger charge is 2.50. The van der Waals surface area contributed by atoms with Crippen molar-refractivity contribution in [2.75, 3.05) is 26.7 Å². The van der Waals surface area contributed by atoms with E-state index >= 15 is 0 Å². The molecule has 0 atom stereocenters. The lowest BCUT2D eigenvalue weighted by atomic mass is 10.1. The average Bonchev–Trinajstić information content (AvgIpc) is 2.72. The molecule has 1 fully saturated rings. The van der Waals surface area contributed by atoms with E-state index in [0.29, 0.717) is 23.4 Å². The topological polar surface area (TPSA) is 103 Å². The van der Waals surface area contributed by atoms with Gasteiger partial charge in [0.25, 0.3) is 0 Å². The maximum absolute atomic E-state index is 12.6. The molecule has 1 aliphatic rings. The van der Waals surface area contributed by atoms with Gasteiger partial charge in [-0.2, -0.15) is 17.5 Å². The second-order valence-electron chi connectivity index (χ2n) is 6.78. The van der Waals surface area contributed by atoms with Crippen molar-refractivity contribution in [3.63, 3.8) is 0 Å². The van der Waals surface area contributed by atoms with Crippen LogP contribution in [0.3, 0.4) is 0 Å². The smallest absolute Gasteiger partial charge is 0.356 e. The number of carbonyl (C=O) groups excluding carboxylic acids is 1. The summed E-state index contributed by atoms with van der Waals surface area (Å²) in [6.07, 6.45) is 0.650. The first-order valence-corrected chi connectivity index (χ1v) is 10.9. The quantitative estimate of drug-likeness (QED) is 0.429. The molecule has 0 bridgehead atoms. The van der Waals surface area contributed by atoms with Crippen LogP contribution in [0.25, 0.3) is 0 Å². The number of nitrogens with zero attached hydrogens (tertiary/aromatic N) is 2. The number of hydrogen-bond acceptors (Lipinski definition) is 4. The van der Waals surface area contributed by atoms with Gasteiger partial charge < -0.3 is 16.0 Å². The summed E-state index contributed by atoms with van der Waals surface area (Å²) in [5, 5.41) is 8.84. The van der Waals surface area contributed by atoms with Crippen molar-refractivity contribution in [1.29, 1.82) is 0 Å². The number of piperidine rings is 1. The van der Waals surface area contributed by atoms with E-state index in [4.69, 9.17) is 0 Å². The number of hydrogen-bond donors (Lipinski definition) is 3. The van der Waals surface area contributed by atoms with Crippen molar-refractivity contribution in [2.45, 2.75) is 37.4 Å². The van der Waals surface area contributed by atoms with E-state index in [2.05, 4.69) is 20.9 Å². The van der Waals surface area contributed by atoms with Crippen molar-refractivity contribution < 1.29 is 26.4 Å². The molecule has 30 heavy (non-hydrogen) atoms. The molecule has 1 aliphatic heterocycles. The summed E-state index contributed by atoms with van der Waals surface area (Å²) in [4.78, 5) is 16.0. The van der Waals surface area contributed by atoms with Crippen LogP contribution >= 0.6 is 0 Å². The Kier molecular flexibility index (Phi) is 8.47. The molecule has 1 aromatic carbocycles. The Morgan fingerprint density at radius 2 is 1.80 bits per heavy atom. The molecule has 1 aromatic rings. The van der Waals surface area contributed by atoms with E-state index in [0.717, 1.165) is 5.56 Å². The highest BCUT2D eigenvalue weighted by molar-refractivity contribution is 7.90. The summed E-state index contributed by atoms with van der Waals surface area (Å²) in [6.45, 7) is 0.310. The summed E-state index contributed by atoms with van der Waals surface area (Å²) in [6, 6.07) is 9.28. The number of rotatable bonds is 7. The minimum atomic E-state index is -5.29. The average molecular weight is 449 g/mol. The molecule has 0 radical (unpaired) electrons. The van der Waals surface area contributed by atoms with E-state index in [9.17, 15) is 26.4 Å². The van der Waals surface area contributed by atoms with Gasteiger partial charge in [0.2, 0.25) is 5.91 Å². The van der Waals surface area contributed by atoms with Crippen LogP contribution in [0.5, 0.6) is 0 Å². The zero-order chi connectivity index (χ0) is 22.2. The van der Waals surface area contributed by atoms with E-state index in [1.165, 1.54) is 7.05 Å². The summed E-state index contributed by atoms with van der Waals surface area (Å²) < 4.78 is 61.2. The van der Waals surface area contributed by atoms with Gasteiger partial charge in [-0.1, -0.05) is 30.3 Å². The van der Waals surface area contributed by atoms with Gasteiger partial charge in [0.05, 0.1) is 0 Å². The summed E-state index contributed by atoms with van der Waals surface area (Å²) in [7, 11) is -3.76. The largest absolute Gasteiger partial charge is 0.511 e. The molecule has 12 heteroatoms. The zero-order valence-electron chi connectivity index (χ0n) is 16.6. The lowest BCUT2D eigenvalue weighted by Gasteiger charge is -2.32. The maximum atomic E-state index is 12.6. The Balaban J connectivity index is 1.69. The Morgan fingerprint density at radius 3 is 2.37 bits per heavy atom. The molecule has 0 unspecified atom stereocenters. The first kappa shape index (κ1) is 23.9. The minimum Gasteiger partial charge on any atom is -0.356 e. The lowest BCUT2D eigenvalue weighted by molar-refractivity contribution is -0.121. The predicted octanol–water partition coefficient (Wildman–Crippen LogP) is 1.17. The van der Waals surface area contributed by atoms with Crippen LogP contribution in [0.1, 0.15) is 24.8 Å². The first-order valence-electron chi connectivity index (χ1n) is 9.47. The molecule has 1 heterocycles. The third-order valence-corrected chi connectivity index (χ3v) is 6.26. The van der Waals surface area contributed by atoms with Gasteiger partial charge in [0.1, 0.15) is 0 Å². The molecule has 0 spiro atoms. The number of amides is 1. The van der Waals surface area contributed by atoms with Crippen LogP contribution < -0.4 is 16.0 Å². The third kappa shape index (κ3) is 6.87. The van der Waals surface area contributed by atoms with Gasteiger partial charge >= 0.3 is 15.5 Å². The number of nitrogens with one attached hydrogen (secondary N) is 3. The second-order valence-corrected chi connectivity index (χ2v) is 8.71. The fourth-order valence-electron chi connectivity index (χ4n) is 2.95. The van der Waals surface area contributed by atoms with Crippen LogP contribution in [0.4, 0.5) is 13.2 Å². The summed E-state index contributed by atoms with van der Waals surface area (Å²) >= 11 is 0. The number of sulfonamides is 1. The molecule has 8 nitrogen and oxygen atoms in total. The highest BCUT2D eigenvalue weighted by atomic mass is 32.2. The normalized spacial score (nSPS) is 16.9. The third-order valence-electron chi connectivity index (χ3n) is 4.63. The summed E-state index contributed by atoms with van der Waals surface area (Å²) in [5.74, 6) is 0.274. The minimum absolute atomic E-state index is 0.132. The molecule has 2 rings (SSSR count). The predicted molar refractivity (Wildman–Crippen MR) is 107 cm³/mol. The van der Waals surface area contributed by atoms with Gasteiger partial charge in [0, 0.05) is 45.7 Å². The van der Waals surface area contributed by atoms with Crippen LogP contribution in [-0.2, 0) is 21.4 Å². The van der Waals surface area contributed by atoms with Gasteiger partial charge in [0.15, 0.2) is 5.96 Å². The molecule has 168 valence electrons. The first-order chi connectivity index (χ1) is 14.1. The SMILES string of the molecule is CN=C(NCCC(=O)NCc1ccccc1)NC1CCN(S(=O)(=O)C(F)(F)F)CC1. The Hall–Kier alpha value is -2.34. The Morgan fingerprint density at radius 1 is 1.17 bits per heavy atom. The molecule has 1 amide bonds. The zero-order valence-corrected chi connectivity index (χ0v) is 17.4. The van der Waals surface area contributed by atoms with Gasteiger partial charge in [-0.25, -0.2) is 8.42 Å². The van der Waals surface area contributed by atoms with Crippen LogP contribution in [-0.4, -0.2) is 62.8 Å². The van der Waals surface area contributed by atoms with Crippen molar-refractivity contribution in [3.8, 4) is 0 Å². The van der Waals surface area contributed by atoms with Crippen molar-refractivity contribution in [2.24, 2.45) is 4.99 Å². The van der Waals surface area contributed by atoms with Crippen molar-refractivity contribution in [1.82, 2.24) is 20.3 Å². The van der Waals surface area contributed by atoms with Gasteiger partial charge in [-0.3, -0.25) is 9.79 Å². The van der Waals surface area contributed by atoms with Crippen LogP contribution in [0, 0.1) is 0 Å². The Bertz CT molecular complexity index is 823. The van der Waals surface area contributed by atoms with E-state index in [1.54, 1.807) is 0 Å². The molecular formula is C18H26F3N5O3S. The number of halogens is 3. The van der Waals surface area contributed by atoms with E-state index in [1.807, 2.05) is 30.3 Å². The van der Waals surface area contributed by atoms with Crippen LogP contribution in [0.15, 0.2) is 35.3 Å². The maximum Gasteiger partial charge on any atom is 0.511 e. The summed E-state index contributed by atoms with van der Waals surface area (Å²) in [5.41, 5.74) is -4.29. The van der Waals surface area contributed by atoms with E-state index < -0.39 is 15.5 Å². The molecule has 0 aliphatic carbocycles. The number of benzene rings is 1. The molecular weight excluding hydrogens is 423 g/mol. The fourth-order valence-corrected chi connectivity index (χ4v) is 3.94. The van der Waals surface area contributed by atoms with Gasteiger partial charge in [-0.15, -0.1) is 0 Å². The number of aliphatic imine (C=N–C) groups is 1. The van der Waals surface area contributed by atoms with Crippen molar-refractivity contribution in [3.05, 3.63) is 35.9 Å². The molecule has 3 N–H and O–H groups in total. The highest BCUT2D eigenvalue weighted by Crippen LogP contribution is 2.28. The second kappa shape index (κ2) is 10.6. The molecule has 0 saturated carbocycles. The Labute approximate surface area is 174 Å². The molecule has 1 saturated heterocycles. The number of guanidine groups is 1. The number of carbonyl (C=O) groups is 1. The monoisotopic (exact) mass is 449 g/mol. The van der Waals surface area contributed by atoms with E-state index in [-0.39, 0.29) is 44.3 Å². The van der Waals surface area contributed by atoms with Crippen molar-refractivity contribution >= 4 is 21.9 Å². The molecule has 0 aromatic heterocycles. The number of alkyl halides is 3.